The van der Waals surface area contributed by atoms with E-state index in [1.165, 1.54) is 34.2 Å². The number of thiazole rings is 1. The molecule has 1 N–H and O–H groups in total. The zero-order valence-electron chi connectivity index (χ0n) is 15.6. The van der Waals surface area contributed by atoms with Crippen molar-refractivity contribution in [2.75, 3.05) is 11.9 Å². The second-order valence-electron chi connectivity index (χ2n) is 6.06. The summed E-state index contributed by atoms with van der Waals surface area (Å²) in [5.74, 6) is -0.780. The maximum Gasteiger partial charge on any atom is 0.311 e. The molecule has 0 spiro atoms. The molecule has 0 unspecified atom stereocenters. The van der Waals surface area contributed by atoms with Gasteiger partial charge in [-0.2, -0.15) is 0 Å². The van der Waals surface area contributed by atoms with Crippen LogP contribution >= 0.6 is 22.9 Å². The number of amides is 1. The SMILES string of the molecule is CCOC(=O)Cc1csc(NC(=O)c2ccc(=O)n(Cc3ccccc3Cl)c2)n1. The number of carbonyl (C=O) groups excluding carboxylic acids is 2. The van der Waals surface area contributed by atoms with Gasteiger partial charge in [0.15, 0.2) is 5.13 Å². The average molecular weight is 432 g/mol. The molecule has 3 aromatic rings. The molecule has 2 heterocycles. The number of benzene rings is 1. The number of nitrogens with one attached hydrogen (secondary N) is 1. The summed E-state index contributed by atoms with van der Waals surface area (Å²) in [7, 11) is 0. The Bertz CT molecular complexity index is 1090. The van der Waals surface area contributed by atoms with Gasteiger partial charge in [-0.1, -0.05) is 29.8 Å². The van der Waals surface area contributed by atoms with Crippen molar-refractivity contribution in [3.8, 4) is 0 Å². The van der Waals surface area contributed by atoms with Crippen molar-refractivity contribution in [2.45, 2.75) is 19.9 Å². The van der Waals surface area contributed by atoms with Crippen molar-refractivity contribution in [3.63, 3.8) is 0 Å². The van der Waals surface area contributed by atoms with Crippen molar-refractivity contribution >= 4 is 39.9 Å². The summed E-state index contributed by atoms with van der Waals surface area (Å²) in [5.41, 5.74) is 1.36. The number of pyridine rings is 1. The van der Waals surface area contributed by atoms with Gasteiger partial charge in [0.1, 0.15) is 0 Å². The van der Waals surface area contributed by atoms with Crippen molar-refractivity contribution in [3.05, 3.63) is 80.2 Å². The van der Waals surface area contributed by atoms with E-state index >= 15 is 0 Å². The van der Waals surface area contributed by atoms with Gasteiger partial charge in [0.2, 0.25) is 0 Å². The van der Waals surface area contributed by atoms with Crippen LogP contribution in [0.15, 0.2) is 52.8 Å². The van der Waals surface area contributed by atoms with Gasteiger partial charge >= 0.3 is 5.97 Å². The number of anilines is 1. The van der Waals surface area contributed by atoms with Crippen LogP contribution in [0, 0.1) is 0 Å². The molecular formula is C20H18ClN3O4S. The van der Waals surface area contributed by atoms with Crippen LogP contribution in [0.4, 0.5) is 5.13 Å². The fraction of sp³-hybridized carbons (Fsp3) is 0.200. The van der Waals surface area contributed by atoms with Crippen molar-refractivity contribution in [1.29, 1.82) is 0 Å². The number of hydrogen-bond donors (Lipinski definition) is 1. The third-order valence-electron chi connectivity index (χ3n) is 3.95. The fourth-order valence-electron chi connectivity index (χ4n) is 2.57. The van der Waals surface area contributed by atoms with E-state index in [9.17, 15) is 14.4 Å². The van der Waals surface area contributed by atoms with Crippen LogP contribution in [-0.4, -0.2) is 28.0 Å². The lowest BCUT2D eigenvalue weighted by Crippen LogP contribution is -2.22. The summed E-state index contributed by atoms with van der Waals surface area (Å²) in [5, 5.41) is 5.27. The molecule has 1 amide bonds. The van der Waals surface area contributed by atoms with Gasteiger partial charge < -0.3 is 9.30 Å². The predicted octanol–water partition coefficient (Wildman–Crippen LogP) is 3.36. The maximum absolute atomic E-state index is 12.6. The standard InChI is InChI=1S/C20H18ClN3O4S/c1-2-28-18(26)9-15-12-29-20(22-15)23-19(27)14-7-8-17(25)24(11-14)10-13-5-3-4-6-16(13)21/h3-8,11-12H,2,9-10H2,1H3,(H,22,23,27). The molecule has 0 radical (unpaired) electrons. The number of nitrogens with zero attached hydrogens (tertiary/aromatic N) is 2. The molecule has 0 bridgehead atoms. The zero-order chi connectivity index (χ0) is 20.8. The van der Waals surface area contributed by atoms with Crippen molar-refractivity contribution in [2.24, 2.45) is 0 Å². The Hall–Kier alpha value is -2.97. The van der Waals surface area contributed by atoms with E-state index in [0.717, 1.165) is 5.56 Å². The molecule has 29 heavy (non-hydrogen) atoms. The number of aromatic nitrogens is 2. The summed E-state index contributed by atoms with van der Waals surface area (Å²) in [6.07, 6.45) is 1.52. The molecule has 0 fully saturated rings. The largest absolute Gasteiger partial charge is 0.466 e. The predicted molar refractivity (Wildman–Crippen MR) is 112 cm³/mol. The Morgan fingerprint density at radius 1 is 1.24 bits per heavy atom. The Kier molecular flexibility index (Phi) is 6.79. The van der Waals surface area contributed by atoms with Crippen LogP contribution < -0.4 is 10.9 Å². The number of esters is 1. The van der Waals surface area contributed by atoms with Crippen LogP contribution in [0.3, 0.4) is 0 Å². The maximum atomic E-state index is 12.6. The normalized spacial score (nSPS) is 10.6. The lowest BCUT2D eigenvalue weighted by molar-refractivity contribution is -0.142. The van der Waals surface area contributed by atoms with Crippen LogP contribution in [0.5, 0.6) is 0 Å². The van der Waals surface area contributed by atoms with Gasteiger partial charge in [0.05, 0.1) is 30.8 Å². The number of halogens is 1. The van der Waals surface area contributed by atoms with Crippen molar-refractivity contribution in [1.82, 2.24) is 9.55 Å². The molecule has 7 nitrogen and oxygen atoms in total. The molecule has 0 aliphatic heterocycles. The molecule has 1 aromatic carbocycles. The molecule has 0 aliphatic rings. The molecule has 2 aromatic heterocycles. The van der Waals surface area contributed by atoms with E-state index in [4.69, 9.17) is 16.3 Å². The molecule has 9 heteroatoms. The van der Waals surface area contributed by atoms with Crippen LogP contribution in [0.1, 0.15) is 28.5 Å². The van der Waals surface area contributed by atoms with Crippen LogP contribution in [-0.2, 0) is 22.5 Å². The Morgan fingerprint density at radius 3 is 2.79 bits per heavy atom. The van der Waals surface area contributed by atoms with E-state index in [1.54, 1.807) is 18.4 Å². The topological polar surface area (TPSA) is 90.3 Å². The van der Waals surface area contributed by atoms with Gasteiger partial charge in [-0.05, 0) is 24.6 Å². The Balaban J connectivity index is 1.72. The second kappa shape index (κ2) is 9.49. The lowest BCUT2D eigenvalue weighted by atomic mass is 10.2. The summed E-state index contributed by atoms with van der Waals surface area (Å²) >= 11 is 7.37. The number of carbonyl (C=O) groups is 2. The molecular weight excluding hydrogens is 414 g/mol. The first-order valence-corrected chi connectivity index (χ1v) is 10.1. The first kappa shape index (κ1) is 20.8. The highest BCUT2D eigenvalue weighted by molar-refractivity contribution is 7.14. The monoisotopic (exact) mass is 431 g/mol. The number of hydrogen-bond acceptors (Lipinski definition) is 6. The summed E-state index contributed by atoms with van der Waals surface area (Å²) < 4.78 is 6.30. The summed E-state index contributed by atoms with van der Waals surface area (Å²) in [6.45, 7) is 2.28. The third kappa shape index (κ3) is 5.52. The Labute approximate surface area is 175 Å². The molecule has 0 saturated carbocycles. The van der Waals surface area contributed by atoms with E-state index in [2.05, 4.69) is 10.3 Å². The highest BCUT2D eigenvalue weighted by atomic mass is 35.5. The number of ether oxygens (including phenoxy) is 1. The van der Waals surface area contributed by atoms with Crippen LogP contribution in [0.2, 0.25) is 5.02 Å². The first-order chi connectivity index (χ1) is 14.0. The summed E-state index contributed by atoms with van der Waals surface area (Å²) in [4.78, 5) is 40.5. The second-order valence-corrected chi connectivity index (χ2v) is 7.32. The Morgan fingerprint density at radius 2 is 2.03 bits per heavy atom. The smallest absolute Gasteiger partial charge is 0.311 e. The molecule has 0 aliphatic carbocycles. The highest BCUT2D eigenvalue weighted by Gasteiger charge is 2.13. The van der Waals surface area contributed by atoms with Gasteiger partial charge in [-0.3, -0.25) is 19.7 Å². The third-order valence-corrected chi connectivity index (χ3v) is 5.12. The first-order valence-electron chi connectivity index (χ1n) is 8.81. The van der Waals surface area contributed by atoms with E-state index in [1.807, 2.05) is 18.2 Å². The minimum atomic E-state index is -0.407. The van der Waals surface area contributed by atoms with Gasteiger partial charge in [0, 0.05) is 22.7 Å². The molecule has 3 rings (SSSR count). The molecule has 150 valence electrons. The van der Waals surface area contributed by atoms with E-state index in [-0.39, 0.29) is 24.5 Å². The zero-order valence-corrected chi connectivity index (χ0v) is 17.1. The van der Waals surface area contributed by atoms with Gasteiger partial charge in [-0.15, -0.1) is 11.3 Å². The average Bonchev–Trinajstić information content (AvgIpc) is 3.12. The minimum Gasteiger partial charge on any atom is -0.466 e. The number of rotatable bonds is 7. The van der Waals surface area contributed by atoms with Crippen molar-refractivity contribution < 1.29 is 14.3 Å². The van der Waals surface area contributed by atoms with Crippen LogP contribution in [0.25, 0.3) is 0 Å². The highest BCUT2D eigenvalue weighted by Crippen LogP contribution is 2.18. The lowest BCUT2D eigenvalue weighted by Gasteiger charge is -2.09. The molecule has 0 atom stereocenters. The van der Waals surface area contributed by atoms with E-state index in [0.29, 0.717) is 28.0 Å². The fourth-order valence-corrected chi connectivity index (χ4v) is 3.47. The van der Waals surface area contributed by atoms with Gasteiger partial charge in [0.25, 0.3) is 11.5 Å². The summed E-state index contributed by atoms with van der Waals surface area (Å²) in [6, 6.07) is 9.99. The quantitative estimate of drug-likeness (QED) is 0.579. The molecule has 0 saturated heterocycles. The van der Waals surface area contributed by atoms with Gasteiger partial charge in [-0.25, -0.2) is 4.98 Å². The minimum absolute atomic E-state index is 0.0446. The van der Waals surface area contributed by atoms with E-state index < -0.39 is 5.91 Å².